The van der Waals surface area contributed by atoms with E-state index in [4.69, 9.17) is 0 Å². The third-order valence-corrected chi connectivity index (χ3v) is 6.98. The summed E-state index contributed by atoms with van der Waals surface area (Å²) in [5.74, 6) is 0.575. The Hall–Kier alpha value is -2.18. The van der Waals surface area contributed by atoms with E-state index in [1.165, 1.54) is 36.1 Å². The lowest BCUT2D eigenvalue weighted by atomic mass is 9.90. The van der Waals surface area contributed by atoms with Crippen LogP contribution in [-0.2, 0) is 16.4 Å². The van der Waals surface area contributed by atoms with Crippen molar-refractivity contribution in [2.24, 2.45) is 5.92 Å². The number of amides is 1. The summed E-state index contributed by atoms with van der Waals surface area (Å²) in [4.78, 5) is 14.8. The van der Waals surface area contributed by atoms with Gasteiger partial charge in [0.15, 0.2) is 0 Å². The highest BCUT2D eigenvalue weighted by Gasteiger charge is 2.24. The summed E-state index contributed by atoms with van der Waals surface area (Å²) < 4.78 is 25.4. The molecular formula is C21H26N2O3S. The largest absolute Gasteiger partial charge is 0.339 e. The smallest absolute Gasteiger partial charge is 0.253 e. The third kappa shape index (κ3) is 4.57. The fourth-order valence-corrected chi connectivity index (χ4v) is 4.35. The van der Waals surface area contributed by atoms with E-state index >= 15 is 0 Å². The van der Waals surface area contributed by atoms with Crippen molar-refractivity contribution in [3.05, 3.63) is 65.7 Å². The molecule has 1 saturated heterocycles. The molecule has 144 valence electrons. The molecule has 27 heavy (non-hydrogen) atoms. The third-order valence-electron chi connectivity index (χ3n) is 5.15. The van der Waals surface area contributed by atoms with Gasteiger partial charge in [0, 0.05) is 32.7 Å². The Labute approximate surface area is 161 Å². The Bertz CT molecular complexity index is 869. The highest BCUT2D eigenvalue weighted by molar-refractivity contribution is 7.89. The molecule has 5 nitrogen and oxygen atoms in total. The zero-order chi connectivity index (χ0) is 19.4. The SMILES string of the molecule is CN(C)S(=O)(=O)c1ccc(C(=O)N2CCC(Cc3ccccc3)CC2)cc1. The maximum atomic E-state index is 12.7. The van der Waals surface area contributed by atoms with Crippen LogP contribution >= 0.6 is 0 Å². The molecule has 2 aromatic carbocycles. The van der Waals surface area contributed by atoms with E-state index in [1.54, 1.807) is 12.1 Å². The van der Waals surface area contributed by atoms with Crippen LogP contribution in [0.4, 0.5) is 0 Å². The van der Waals surface area contributed by atoms with E-state index in [0.29, 0.717) is 11.5 Å². The Morgan fingerprint density at radius 1 is 1.00 bits per heavy atom. The highest BCUT2D eigenvalue weighted by Crippen LogP contribution is 2.23. The number of piperidine rings is 1. The van der Waals surface area contributed by atoms with Crippen LogP contribution in [0.2, 0.25) is 0 Å². The van der Waals surface area contributed by atoms with E-state index in [1.807, 2.05) is 11.0 Å². The Balaban J connectivity index is 1.59. The molecule has 0 atom stereocenters. The van der Waals surface area contributed by atoms with E-state index in [0.717, 1.165) is 32.4 Å². The lowest BCUT2D eigenvalue weighted by molar-refractivity contribution is 0.0690. The number of rotatable bonds is 5. The van der Waals surface area contributed by atoms with Crippen molar-refractivity contribution in [1.82, 2.24) is 9.21 Å². The average Bonchev–Trinajstić information content (AvgIpc) is 2.69. The molecular weight excluding hydrogens is 360 g/mol. The Morgan fingerprint density at radius 2 is 1.59 bits per heavy atom. The van der Waals surface area contributed by atoms with E-state index in [9.17, 15) is 13.2 Å². The first kappa shape index (κ1) is 19.6. The molecule has 3 rings (SSSR count). The standard InChI is InChI=1S/C21H26N2O3S/c1-22(2)27(25,26)20-10-8-19(9-11-20)21(24)23-14-12-18(13-15-23)16-17-6-4-3-5-7-17/h3-11,18H,12-16H2,1-2H3. The normalized spacial score (nSPS) is 15.9. The minimum Gasteiger partial charge on any atom is -0.339 e. The van der Waals surface area contributed by atoms with Gasteiger partial charge in [0.05, 0.1) is 4.90 Å². The molecule has 0 N–H and O–H groups in total. The number of likely N-dealkylation sites (tertiary alicyclic amines) is 1. The van der Waals surface area contributed by atoms with Crippen LogP contribution in [0.15, 0.2) is 59.5 Å². The van der Waals surface area contributed by atoms with E-state index in [2.05, 4.69) is 24.3 Å². The maximum Gasteiger partial charge on any atom is 0.253 e. The van der Waals surface area contributed by atoms with Crippen LogP contribution < -0.4 is 0 Å². The van der Waals surface area contributed by atoms with Gasteiger partial charge in [0.1, 0.15) is 0 Å². The summed E-state index contributed by atoms with van der Waals surface area (Å²) >= 11 is 0. The molecule has 0 bridgehead atoms. The first-order valence-corrected chi connectivity index (χ1v) is 10.7. The lowest BCUT2D eigenvalue weighted by Crippen LogP contribution is -2.38. The van der Waals surface area contributed by atoms with Crippen molar-refractivity contribution in [2.75, 3.05) is 27.2 Å². The predicted molar refractivity (Wildman–Crippen MR) is 106 cm³/mol. The van der Waals surface area contributed by atoms with Crippen LogP contribution in [0.5, 0.6) is 0 Å². The summed E-state index contributed by atoms with van der Waals surface area (Å²) in [5.41, 5.74) is 1.88. The number of carbonyl (C=O) groups is 1. The second kappa shape index (κ2) is 8.23. The van der Waals surface area contributed by atoms with Crippen LogP contribution in [0.1, 0.15) is 28.8 Å². The highest BCUT2D eigenvalue weighted by atomic mass is 32.2. The molecule has 1 aliphatic rings. The first-order chi connectivity index (χ1) is 12.9. The minimum absolute atomic E-state index is 0.0260. The lowest BCUT2D eigenvalue weighted by Gasteiger charge is -2.32. The van der Waals surface area contributed by atoms with Gasteiger partial charge >= 0.3 is 0 Å². The molecule has 1 heterocycles. The van der Waals surface area contributed by atoms with Crippen molar-refractivity contribution < 1.29 is 13.2 Å². The monoisotopic (exact) mass is 386 g/mol. The fraction of sp³-hybridized carbons (Fsp3) is 0.381. The molecule has 6 heteroatoms. The van der Waals surface area contributed by atoms with Gasteiger partial charge in [-0.15, -0.1) is 0 Å². The summed E-state index contributed by atoms with van der Waals surface area (Å²) in [5, 5.41) is 0. The van der Waals surface area contributed by atoms with Gasteiger partial charge in [0.2, 0.25) is 10.0 Å². The molecule has 0 radical (unpaired) electrons. The van der Waals surface area contributed by atoms with Gasteiger partial charge in [-0.1, -0.05) is 30.3 Å². The minimum atomic E-state index is -3.47. The molecule has 1 fully saturated rings. The first-order valence-electron chi connectivity index (χ1n) is 9.23. The molecule has 0 saturated carbocycles. The van der Waals surface area contributed by atoms with Crippen LogP contribution in [-0.4, -0.2) is 50.7 Å². The molecule has 0 aliphatic carbocycles. The van der Waals surface area contributed by atoms with Gasteiger partial charge in [-0.25, -0.2) is 12.7 Å². The van der Waals surface area contributed by atoms with E-state index in [-0.39, 0.29) is 10.8 Å². The Kier molecular flexibility index (Phi) is 5.97. The predicted octanol–water partition coefficient (Wildman–Crippen LogP) is 3.03. The van der Waals surface area contributed by atoms with Gasteiger partial charge in [0.25, 0.3) is 5.91 Å². The zero-order valence-corrected chi connectivity index (χ0v) is 16.7. The van der Waals surface area contributed by atoms with Crippen molar-refractivity contribution in [2.45, 2.75) is 24.2 Å². The van der Waals surface area contributed by atoms with Gasteiger partial charge < -0.3 is 4.90 Å². The molecule has 1 aliphatic heterocycles. The van der Waals surface area contributed by atoms with Crippen LogP contribution in [0, 0.1) is 5.92 Å². The molecule has 0 spiro atoms. The maximum absolute atomic E-state index is 12.7. The Morgan fingerprint density at radius 3 is 2.15 bits per heavy atom. The number of carbonyl (C=O) groups excluding carboxylic acids is 1. The molecule has 0 aromatic heterocycles. The van der Waals surface area contributed by atoms with Gasteiger partial charge in [-0.2, -0.15) is 0 Å². The zero-order valence-electron chi connectivity index (χ0n) is 15.8. The number of sulfonamides is 1. The second-order valence-electron chi connectivity index (χ2n) is 7.24. The summed E-state index contributed by atoms with van der Waals surface area (Å²) in [6, 6.07) is 16.7. The van der Waals surface area contributed by atoms with Gasteiger partial charge in [-0.3, -0.25) is 4.79 Å². The number of nitrogens with zero attached hydrogens (tertiary/aromatic N) is 2. The van der Waals surface area contributed by atoms with Gasteiger partial charge in [-0.05, 0) is 55.0 Å². The number of benzene rings is 2. The second-order valence-corrected chi connectivity index (χ2v) is 9.39. The van der Waals surface area contributed by atoms with Crippen LogP contribution in [0.3, 0.4) is 0 Å². The number of hydrogen-bond donors (Lipinski definition) is 0. The molecule has 0 unspecified atom stereocenters. The van der Waals surface area contributed by atoms with Crippen LogP contribution in [0.25, 0.3) is 0 Å². The van der Waals surface area contributed by atoms with Crippen molar-refractivity contribution in [1.29, 1.82) is 0 Å². The quantitative estimate of drug-likeness (QED) is 0.794. The average molecular weight is 387 g/mol. The molecule has 1 amide bonds. The van der Waals surface area contributed by atoms with Crippen molar-refractivity contribution in [3.63, 3.8) is 0 Å². The fourth-order valence-electron chi connectivity index (χ4n) is 3.45. The van der Waals surface area contributed by atoms with Crippen molar-refractivity contribution in [3.8, 4) is 0 Å². The summed E-state index contributed by atoms with van der Waals surface area (Å²) in [7, 11) is -0.485. The summed E-state index contributed by atoms with van der Waals surface area (Å²) in [6.45, 7) is 1.49. The molecule has 2 aromatic rings. The van der Waals surface area contributed by atoms with Crippen molar-refractivity contribution >= 4 is 15.9 Å². The topological polar surface area (TPSA) is 57.7 Å². The number of hydrogen-bond acceptors (Lipinski definition) is 3. The summed E-state index contributed by atoms with van der Waals surface area (Å²) in [6.07, 6.45) is 3.04. The van der Waals surface area contributed by atoms with E-state index < -0.39 is 10.0 Å².